The van der Waals surface area contributed by atoms with E-state index in [4.69, 9.17) is 0 Å². The van der Waals surface area contributed by atoms with Crippen LogP contribution in [0.5, 0.6) is 0 Å². The van der Waals surface area contributed by atoms with Crippen LogP contribution in [0, 0.1) is 0 Å². The summed E-state index contributed by atoms with van der Waals surface area (Å²) in [6.45, 7) is 2.65. The van der Waals surface area contributed by atoms with Crippen molar-refractivity contribution in [2.24, 2.45) is 0 Å². The summed E-state index contributed by atoms with van der Waals surface area (Å²) in [6.07, 6.45) is 1.01. The average molecular weight is 404 g/mol. The molecule has 6 nitrogen and oxygen atoms in total. The van der Waals surface area contributed by atoms with E-state index in [-0.39, 0.29) is 11.7 Å². The molecule has 0 atom stereocenters. The van der Waals surface area contributed by atoms with Crippen molar-refractivity contribution in [1.29, 1.82) is 0 Å². The van der Waals surface area contributed by atoms with Crippen LogP contribution in [0.15, 0.2) is 71.9 Å². The van der Waals surface area contributed by atoms with Gasteiger partial charge in [0.2, 0.25) is 11.1 Å². The first-order chi connectivity index (χ1) is 14.2. The average Bonchev–Trinajstić information content (AvgIpc) is 3.19. The van der Waals surface area contributed by atoms with E-state index >= 15 is 0 Å². The first kappa shape index (κ1) is 19.1. The molecule has 2 aromatic carbocycles. The van der Waals surface area contributed by atoms with Gasteiger partial charge in [-0.3, -0.25) is 4.79 Å². The Morgan fingerprint density at radius 1 is 0.966 bits per heavy atom. The Kier molecular flexibility index (Phi) is 5.86. The minimum atomic E-state index is -0.0538. The number of amides is 1. The molecule has 29 heavy (non-hydrogen) atoms. The Bertz CT molecular complexity index is 1110. The number of aryl methyl sites for hydroxylation is 1. The second kappa shape index (κ2) is 8.87. The van der Waals surface area contributed by atoms with Gasteiger partial charge in [0.25, 0.3) is 0 Å². The molecule has 0 spiro atoms. The summed E-state index contributed by atoms with van der Waals surface area (Å²) in [5.74, 6) is 0.201. The number of carbonyl (C=O) groups is 1. The maximum absolute atomic E-state index is 12.2. The van der Waals surface area contributed by atoms with Gasteiger partial charge in [-0.25, -0.2) is 0 Å². The van der Waals surface area contributed by atoms with Gasteiger partial charge >= 0.3 is 0 Å². The van der Waals surface area contributed by atoms with Crippen molar-refractivity contribution < 1.29 is 4.79 Å². The van der Waals surface area contributed by atoms with Crippen LogP contribution in [0.4, 0.5) is 0 Å². The Balaban J connectivity index is 1.44. The Hall–Kier alpha value is -3.19. The van der Waals surface area contributed by atoms with Crippen LogP contribution < -0.4 is 5.32 Å². The van der Waals surface area contributed by atoms with Crippen LogP contribution in [-0.2, 0) is 17.8 Å². The quantitative estimate of drug-likeness (QED) is 0.476. The number of nitrogens with zero attached hydrogens (tertiary/aromatic N) is 4. The number of hydrogen-bond acceptors (Lipinski definition) is 5. The highest BCUT2D eigenvalue weighted by molar-refractivity contribution is 7.99. The predicted octanol–water partition coefficient (Wildman–Crippen LogP) is 3.76. The Morgan fingerprint density at radius 3 is 2.52 bits per heavy atom. The summed E-state index contributed by atoms with van der Waals surface area (Å²) in [5.41, 5.74) is 4.90. The molecule has 2 heterocycles. The highest BCUT2D eigenvalue weighted by atomic mass is 32.2. The number of thioether (sulfide) groups is 1. The van der Waals surface area contributed by atoms with E-state index in [1.165, 1.54) is 17.3 Å². The molecule has 1 N–H and O–H groups in total. The molecular formula is C22H21N5OS. The zero-order valence-electron chi connectivity index (χ0n) is 16.1. The molecular weight excluding hydrogens is 382 g/mol. The maximum Gasteiger partial charge on any atom is 0.230 e. The molecule has 4 aromatic rings. The minimum absolute atomic E-state index is 0.0538. The van der Waals surface area contributed by atoms with Crippen LogP contribution >= 0.6 is 11.8 Å². The first-order valence-corrected chi connectivity index (χ1v) is 10.5. The summed E-state index contributed by atoms with van der Waals surface area (Å²) in [4.78, 5) is 12.2. The molecule has 0 bridgehead atoms. The maximum atomic E-state index is 12.2. The predicted molar refractivity (Wildman–Crippen MR) is 115 cm³/mol. The van der Waals surface area contributed by atoms with Crippen molar-refractivity contribution in [2.75, 3.05) is 5.75 Å². The van der Waals surface area contributed by atoms with Crippen molar-refractivity contribution >= 4 is 23.3 Å². The SMILES string of the molecule is CCc1ccc(-c2ccc3nnc(SCC(=O)NCc4ccccc4)n3n2)cc1. The van der Waals surface area contributed by atoms with Crippen LogP contribution in [0.25, 0.3) is 16.9 Å². The van der Waals surface area contributed by atoms with E-state index in [1.807, 2.05) is 42.5 Å². The third-order valence-corrected chi connectivity index (χ3v) is 5.48. The fourth-order valence-electron chi connectivity index (χ4n) is 2.90. The third-order valence-electron chi connectivity index (χ3n) is 4.56. The number of nitrogens with one attached hydrogen (secondary N) is 1. The Morgan fingerprint density at radius 2 is 1.76 bits per heavy atom. The molecule has 146 valence electrons. The van der Waals surface area contributed by atoms with Gasteiger partial charge in [0.05, 0.1) is 11.4 Å². The molecule has 0 aliphatic heterocycles. The normalized spacial score (nSPS) is 10.9. The van der Waals surface area contributed by atoms with Crippen LogP contribution in [0.3, 0.4) is 0 Å². The molecule has 7 heteroatoms. The van der Waals surface area contributed by atoms with Crippen molar-refractivity contribution in [3.8, 4) is 11.3 Å². The van der Waals surface area contributed by atoms with E-state index in [0.29, 0.717) is 17.3 Å². The van der Waals surface area contributed by atoms with E-state index < -0.39 is 0 Å². The van der Waals surface area contributed by atoms with Crippen molar-refractivity contribution in [2.45, 2.75) is 25.0 Å². The smallest absolute Gasteiger partial charge is 0.230 e. The summed E-state index contributed by atoms with van der Waals surface area (Å²) < 4.78 is 1.69. The number of fused-ring (bicyclic) bond motifs is 1. The summed E-state index contributed by atoms with van der Waals surface area (Å²) in [5, 5.41) is 16.5. The zero-order valence-corrected chi connectivity index (χ0v) is 16.9. The molecule has 0 radical (unpaired) electrons. The molecule has 4 rings (SSSR count). The number of hydrogen-bond donors (Lipinski definition) is 1. The van der Waals surface area contributed by atoms with Gasteiger partial charge in [-0.2, -0.15) is 9.61 Å². The molecule has 1 amide bonds. The van der Waals surface area contributed by atoms with Crippen molar-refractivity contribution in [1.82, 2.24) is 25.1 Å². The number of rotatable bonds is 7. The zero-order chi connectivity index (χ0) is 20.1. The molecule has 2 aromatic heterocycles. The van der Waals surface area contributed by atoms with Gasteiger partial charge in [-0.15, -0.1) is 10.2 Å². The number of carbonyl (C=O) groups excluding carboxylic acids is 1. The van der Waals surface area contributed by atoms with Gasteiger partial charge in [-0.05, 0) is 29.7 Å². The lowest BCUT2D eigenvalue weighted by atomic mass is 10.1. The van der Waals surface area contributed by atoms with Crippen molar-refractivity contribution in [3.63, 3.8) is 0 Å². The van der Waals surface area contributed by atoms with Gasteiger partial charge in [-0.1, -0.05) is 73.3 Å². The highest BCUT2D eigenvalue weighted by Crippen LogP contribution is 2.21. The highest BCUT2D eigenvalue weighted by Gasteiger charge is 2.11. The minimum Gasteiger partial charge on any atom is -0.351 e. The number of aromatic nitrogens is 4. The lowest BCUT2D eigenvalue weighted by Gasteiger charge is -2.05. The van der Waals surface area contributed by atoms with Gasteiger partial charge < -0.3 is 5.32 Å². The number of benzene rings is 2. The summed E-state index contributed by atoms with van der Waals surface area (Å²) in [6, 6.07) is 22.0. The standard InChI is InChI=1S/C22H21N5OS/c1-2-16-8-10-18(11-9-16)19-12-13-20-24-25-22(27(20)26-19)29-15-21(28)23-14-17-6-4-3-5-7-17/h3-13H,2,14-15H2,1H3,(H,23,28). The van der Waals surface area contributed by atoms with Gasteiger partial charge in [0, 0.05) is 12.1 Å². The van der Waals surface area contributed by atoms with Gasteiger partial charge in [0.1, 0.15) is 0 Å². The largest absolute Gasteiger partial charge is 0.351 e. The molecule has 0 unspecified atom stereocenters. The van der Waals surface area contributed by atoms with E-state index in [1.54, 1.807) is 4.52 Å². The summed E-state index contributed by atoms with van der Waals surface area (Å²) in [7, 11) is 0. The van der Waals surface area contributed by atoms with Crippen LogP contribution in [-0.4, -0.2) is 31.5 Å². The second-order valence-electron chi connectivity index (χ2n) is 6.57. The fourth-order valence-corrected chi connectivity index (χ4v) is 3.62. The van der Waals surface area contributed by atoms with E-state index in [2.05, 4.69) is 51.8 Å². The summed E-state index contributed by atoms with van der Waals surface area (Å²) >= 11 is 1.32. The molecule has 0 saturated carbocycles. The third kappa shape index (κ3) is 4.63. The van der Waals surface area contributed by atoms with E-state index in [9.17, 15) is 4.79 Å². The van der Waals surface area contributed by atoms with Crippen molar-refractivity contribution in [3.05, 3.63) is 77.9 Å². The monoisotopic (exact) mass is 403 g/mol. The topological polar surface area (TPSA) is 72.2 Å². The van der Waals surface area contributed by atoms with E-state index in [0.717, 1.165) is 23.2 Å². The first-order valence-electron chi connectivity index (χ1n) is 9.48. The van der Waals surface area contributed by atoms with Crippen LogP contribution in [0.1, 0.15) is 18.1 Å². The lowest BCUT2D eigenvalue weighted by molar-refractivity contribution is -0.118. The Labute approximate surface area is 173 Å². The van der Waals surface area contributed by atoms with Crippen LogP contribution in [0.2, 0.25) is 0 Å². The lowest BCUT2D eigenvalue weighted by Crippen LogP contribution is -2.24. The van der Waals surface area contributed by atoms with Gasteiger partial charge in [0.15, 0.2) is 5.65 Å². The molecule has 0 fully saturated rings. The molecule has 0 saturated heterocycles. The second-order valence-corrected chi connectivity index (χ2v) is 7.52. The fraction of sp³-hybridized carbons (Fsp3) is 0.182. The molecule has 0 aliphatic carbocycles. The molecule has 0 aliphatic rings.